The van der Waals surface area contributed by atoms with Gasteiger partial charge in [-0.2, -0.15) is 0 Å². The summed E-state index contributed by atoms with van der Waals surface area (Å²) >= 11 is 0. The summed E-state index contributed by atoms with van der Waals surface area (Å²) in [6.45, 7) is 37.0. The number of ether oxygens (including phenoxy) is 21. The number of nitrogens with one attached hydrogen (secondary N) is 2. The molecule has 0 radical (unpaired) electrons. The molecule has 5 atom stereocenters. The third-order valence-electron chi connectivity index (χ3n) is 24.4. The molecule has 10 aliphatic heterocycles. The zero-order valence-electron chi connectivity index (χ0n) is 79.3. The van der Waals surface area contributed by atoms with E-state index in [9.17, 15) is 15.3 Å². The van der Waals surface area contributed by atoms with Gasteiger partial charge in [0, 0.05) is 83.0 Å². The Hall–Kier alpha value is -12.6. The molecule has 133 heavy (non-hydrogen) atoms. The number of aliphatic imine (C=N–C) groups is 8. The molecule has 2 aromatic heterocycles. The average Bonchev–Trinajstić information content (AvgIpc) is 1.56. The van der Waals surface area contributed by atoms with Crippen molar-refractivity contribution in [3.8, 4) is 69.0 Å². The summed E-state index contributed by atoms with van der Waals surface area (Å²) in [6, 6.07) is 14.3. The number of aromatic nitrogens is 2. The zero-order valence-corrected chi connectivity index (χ0v) is 79.3. The van der Waals surface area contributed by atoms with E-state index in [-0.39, 0.29) is 186 Å². The Morgan fingerprint density at radius 2 is 0.504 bits per heavy atom. The number of H-pyrrole nitrogens is 2. The van der Waals surface area contributed by atoms with Gasteiger partial charge in [0.05, 0.1) is 118 Å². The van der Waals surface area contributed by atoms with E-state index in [0.717, 1.165) is 0 Å². The van der Waals surface area contributed by atoms with E-state index in [1.165, 1.54) is 28.4 Å². The Morgan fingerprint density at radius 1 is 0.286 bits per heavy atom. The lowest BCUT2D eigenvalue weighted by atomic mass is 9.97. The van der Waals surface area contributed by atoms with Gasteiger partial charge in [0.25, 0.3) is 11.6 Å². The smallest absolute Gasteiger partial charge is 0.273 e. The van der Waals surface area contributed by atoms with Crippen LogP contribution < -0.4 is 78.8 Å². The molecule has 0 saturated carbocycles. The maximum Gasteiger partial charge on any atom is 0.273 e. The minimum Gasteiger partial charge on any atom is -0.493 e. The van der Waals surface area contributed by atoms with Crippen molar-refractivity contribution in [2.24, 2.45) is 59.9 Å². The highest BCUT2D eigenvalue weighted by Crippen LogP contribution is 2.54. The molecule has 16 bridgehead atoms. The number of amidine groups is 8. The predicted molar refractivity (Wildman–Crippen MR) is 484 cm³/mol. The molecule has 2 aliphatic carbocycles. The molecule has 4 aromatic carbocycles. The van der Waals surface area contributed by atoms with Crippen molar-refractivity contribution in [1.82, 2.24) is 9.97 Å². The molecule has 0 spiro atoms. The highest BCUT2D eigenvalue weighted by molar-refractivity contribution is 6.28. The van der Waals surface area contributed by atoms with Crippen LogP contribution in [0.3, 0.4) is 0 Å². The maximum absolute atomic E-state index is 9.88. The molecule has 2 fully saturated rings. The largest absolute Gasteiger partial charge is 0.493 e. The van der Waals surface area contributed by atoms with Gasteiger partial charge in [-0.05, 0) is 152 Å². The van der Waals surface area contributed by atoms with Crippen molar-refractivity contribution >= 4 is 46.7 Å². The normalized spacial score (nSPS) is 23.4. The second-order valence-corrected chi connectivity index (χ2v) is 35.9. The van der Waals surface area contributed by atoms with Gasteiger partial charge < -0.3 is 125 Å². The molecule has 38 nitrogen and oxygen atoms in total. The molecule has 5 unspecified atom stereocenters. The molecule has 38 heteroatoms. The zero-order chi connectivity index (χ0) is 94.9. The second-order valence-electron chi connectivity index (χ2n) is 35.9. The van der Waals surface area contributed by atoms with Crippen molar-refractivity contribution in [2.45, 2.75) is 228 Å². The third kappa shape index (κ3) is 15.8. The SMILES string of the molecule is CCCOc1ccc(OCCO)c2c1C1=NC3=C4OC(C)(OC)C(C)(C)OC4=C(C3)N=C3N=C(N=c4[nH]c(c5c4OC(C)(C)C(C)(OC)O5)=NC2=N1)c1c(OCCO)ccc(OCCO)c13.COC1(C)Oc2c(c3[nH]c2=NC2=NC(=NC4=C5OC(C)(OC)C(C)(OC)OC5=C(C4)N=C4N=C(N=3)c3c(OC(C)C)ccc(OC(C)C)c34)c3c(OC(C)C)ccc(OC(C)C)c32)OC1(C)C. The standard InChI is InChI=1S/C49H59N7O11.C46H53N7O13/c1-22(2)60-28-17-19-30(62-24(5)6)34-32(28)40-50-26-21-27(37-36(26)65-48(12,58-15)49(13,59-16)66-37)51-41-33-29(61-23(3)4)18-20-31(63-25(7)8)35(33)43(53-41)55-45-39-38(44(56-45)54-42(34)52-40)64-46(9,10)47(11,57-14)67-39;1-10-18-59-25-11-12-27(61-20-16-55)31-29(25)37-48-24-22-23(33-34(24)65-45(6,57-8)43(2,3)63-33)47-38-30-26(60-19-15-54)13-14-28(62-21-17-56)32(30)39(50-38)51-41-35-36(42(53-41)52-40(31)49-37)66-46(7,58-9)44(4,5)64-35/h17-20,22-25H,21H2,1-16H3,(H,50,51,52,53,54,55,56);11-14,54-56H,10,15-22H2,1-9H3,(H,47,48,49,50,51,52,53). The molecular formula is C95H112N14O24. The van der Waals surface area contributed by atoms with Crippen LogP contribution in [0.15, 0.2) is 154 Å². The second kappa shape index (κ2) is 34.5. The number of benzene rings is 4. The number of methoxy groups -OCH3 is 5. The quantitative estimate of drug-likeness (QED) is 0.0355. The summed E-state index contributed by atoms with van der Waals surface area (Å²) in [5.41, 5.74) is 3.17. The van der Waals surface area contributed by atoms with Gasteiger partial charge in [0.2, 0.25) is 40.4 Å². The van der Waals surface area contributed by atoms with Crippen LogP contribution in [0.2, 0.25) is 0 Å². The number of hydrogen-bond donors (Lipinski definition) is 5. The summed E-state index contributed by atoms with van der Waals surface area (Å²) in [6.07, 6.45) is 0.0382. The lowest BCUT2D eigenvalue weighted by Crippen LogP contribution is -2.60. The van der Waals surface area contributed by atoms with Crippen LogP contribution in [0.25, 0.3) is 0 Å². The number of hydrogen-bond acceptors (Lipinski definition) is 36. The molecular weight excluding hydrogens is 1720 g/mol. The summed E-state index contributed by atoms with van der Waals surface area (Å²) in [4.78, 5) is 68.8. The third-order valence-corrected chi connectivity index (χ3v) is 24.4. The van der Waals surface area contributed by atoms with Crippen molar-refractivity contribution in [3.63, 3.8) is 0 Å². The van der Waals surface area contributed by atoms with E-state index in [1.54, 1.807) is 66.0 Å². The van der Waals surface area contributed by atoms with E-state index in [1.807, 2.05) is 128 Å². The highest BCUT2D eigenvalue weighted by Gasteiger charge is 2.60. The van der Waals surface area contributed by atoms with Crippen LogP contribution in [0.4, 0.5) is 0 Å². The first-order valence-corrected chi connectivity index (χ1v) is 44.3. The lowest BCUT2D eigenvalue weighted by Gasteiger charge is -2.47. The molecule has 5 N–H and O–H groups in total. The molecule has 0 amide bonds. The first-order valence-electron chi connectivity index (χ1n) is 44.3. The van der Waals surface area contributed by atoms with Crippen LogP contribution in [0.5, 0.6) is 69.0 Å². The topological polar surface area (TPSA) is 434 Å². The Labute approximate surface area is 767 Å². The fraction of sp³-hybridized carbons (Fsp3) is 0.495. The van der Waals surface area contributed by atoms with Gasteiger partial charge in [0.1, 0.15) is 65.8 Å². The molecule has 706 valence electrons. The number of aromatic amines is 2. The minimum atomic E-state index is -1.45. The van der Waals surface area contributed by atoms with Crippen LogP contribution >= 0.6 is 0 Å². The van der Waals surface area contributed by atoms with Crippen LogP contribution in [0.1, 0.15) is 202 Å². The van der Waals surface area contributed by atoms with Crippen molar-refractivity contribution in [1.29, 1.82) is 0 Å². The van der Waals surface area contributed by atoms with Gasteiger partial charge in [-0.1, -0.05) is 6.92 Å². The van der Waals surface area contributed by atoms with Crippen molar-refractivity contribution < 1.29 is 115 Å². The van der Waals surface area contributed by atoms with E-state index in [4.69, 9.17) is 159 Å². The van der Waals surface area contributed by atoms with Crippen molar-refractivity contribution in [3.05, 3.63) is 161 Å². The lowest BCUT2D eigenvalue weighted by molar-refractivity contribution is -0.384. The Morgan fingerprint density at radius 3 is 0.759 bits per heavy atom. The molecule has 2 saturated heterocycles. The first-order chi connectivity index (χ1) is 63.2. The number of fused-ring (bicyclic) bond motifs is 32. The van der Waals surface area contributed by atoms with Crippen LogP contribution in [0, 0.1) is 0 Å². The summed E-state index contributed by atoms with van der Waals surface area (Å²) in [5.74, 6) is 0.388. The van der Waals surface area contributed by atoms with E-state index in [2.05, 4.69) is 9.97 Å². The van der Waals surface area contributed by atoms with Crippen LogP contribution in [-0.4, -0.2) is 224 Å². The fourth-order valence-electron chi connectivity index (χ4n) is 16.4. The average molecular weight is 1830 g/mol. The molecule has 18 rings (SSSR count). The maximum atomic E-state index is 9.88. The number of aliphatic hydroxyl groups is 3. The number of nitrogens with zero attached hydrogens (tertiary/aromatic N) is 12. The summed E-state index contributed by atoms with van der Waals surface area (Å²) < 4.78 is 135. The fourth-order valence-corrected chi connectivity index (χ4v) is 16.4. The molecule has 12 aliphatic rings. The first kappa shape index (κ1) is 92.3. The molecule has 6 aromatic rings. The Bertz CT molecular complexity index is 6500. The Kier molecular flexibility index (Phi) is 23.9. The van der Waals surface area contributed by atoms with Gasteiger partial charge in [-0.3, -0.25) is 0 Å². The molecule has 12 heterocycles. The minimum absolute atomic E-state index is 0.0241. The van der Waals surface area contributed by atoms with E-state index < -0.39 is 45.7 Å². The van der Waals surface area contributed by atoms with Gasteiger partial charge in [-0.15, -0.1) is 0 Å². The Balaban J connectivity index is 0.000000185. The van der Waals surface area contributed by atoms with E-state index in [0.29, 0.717) is 132 Å². The van der Waals surface area contributed by atoms with E-state index >= 15 is 0 Å². The summed E-state index contributed by atoms with van der Waals surface area (Å²) in [5, 5.41) is 29.6. The van der Waals surface area contributed by atoms with Crippen molar-refractivity contribution in [2.75, 3.05) is 81.8 Å². The van der Waals surface area contributed by atoms with Gasteiger partial charge in [-0.25, -0.2) is 59.9 Å². The highest BCUT2D eigenvalue weighted by atomic mass is 16.8. The van der Waals surface area contributed by atoms with Gasteiger partial charge in [0.15, 0.2) is 108 Å². The predicted octanol–water partition coefficient (Wildman–Crippen LogP) is 10.9. The number of rotatable bonds is 25. The van der Waals surface area contributed by atoms with Crippen LogP contribution in [-0.2, 0) is 42.6 Å². The van der Waals surface area contributed by atoms with Gasteiger partial charge >= 0.3 is 0 Å². The summed E-state index contributed by atoms with van der Waals surface area (Å²) in [7, 11) is 7.66. The monoisotopic (exact) mass is 1830 g/mol. The number of aliphatic hydroxyl groups excluding tert-OH is 3.